The van der Waals surface area contributed by atoms with Crippen molar-refractivity contribution in [3.05, 3.63) is 24.3 Å². The first-order chi connectivity index (χ1) is 26.6. The highest BCUT2D eigenvalue weighted by Gasteiger charge is 2.21. The second-order valence-corrected chi connectivity index (χ2v) is 16.3. The maximum absolute atomic E-state index is 12.7. The van der Waals surface area contributed by atoms with E-state index in [9.17, 15) is 19.5 Å². The molecule has 0 fully saturated rings. The Morgan fingerprint density at radius 2 is 0.982 bits per heavy atom. The molecule has 0 aromatic carbocycles. The Kier molecular flexibility index (Phi) is 37.1. The van der Waals surface area contributed by atoms with Crippen molar-refractivity contribution in [3.63, 3.8) is 0 Å². The van der Waals surface area contributed by atoms with Gasteiger partial charge in [0.05, 0.1) is 40.3 Å². The SMILES string of the molecule is CCCCCC/C=C\C/C=C\CCCCCCCC(=O)OC(COC(=O)CCCCCCCCCCCCCCCC)COC(OCC[N+](C)(C)C)C(=O)[O-]. The number of nitrogens with zero attached hydrogens (tertiary/aromatic N) is 1. The number of carboxylic acid groups (broad SMARTS) is 1. The van der Waals surface area contributed by atoms with E-state index in [1.54, 1.807) is 0 Å². The lowest BCUT2D eigenvalue weighted by atomic mass is 10.0. The van der Waals surface area contributed by atoms with Gasteiger partial charge in [-0.3, -0.25) is 9.59 Å². The second-order valence-electron chi connectivity index (χ2n) is 16.3. The normalized spacial score (nSPS) is 13.1. The highest BCUT2D eigenvalue weighted by atomic mass is 16.7. The summed E-state index contributed by atoms with van der Waals surface area (Å²) in [5.74, 6) is -2.30. The third kappa shape index (κ3) is 39.8. The van der Waals surface area contributed by atoms with Gasteiger partial charge in [0.1, 0.15) is 13.2 Å². The number of aliphatic carboxylic acids is 1. The zero-order valence-corrected chi connectivity index (χ0v) is 36.3. The third-order valence-electron chi connectivity index (χ3n) is 9.70. The summed E-state index contributed by atoms with van der Waals surface area (Å²) in [6, 6.07) is 0. The van der Waals surface area contributed by atoms with Gasteiger partial charge in [-0.05, 0) is 44.9 Å². The average Bonchev–Trinajstić information content (AvgIpc) is 3.14. The Balaban J connectivity index is 4.46. The Bertz CT molecular complexity index is 960. The van der Waals surface area contributed by atoms with Crippen LogP contribution in [-0.4, -0.2) is 82.3 Å². The van der Waals surface area contributed by atoms with Crippen LogP contribution in [0, 0.1) is 0 Å². The van der Waals surface area contributed by atoms with Gasteiger partial charge in [0.25, 0.3) is 0 Å². The molecule has 0 radical (unpaired) electrons. The molecule has 0 spiro atoms. The molecule has 0 saturated carbocycles. The maximum atomic E-state index is 12.7. The lowest BCUT2D eigenvalue weighted by Gasteiger charge is -2.26. The van der Waals surface area contributed by atoms with Gasteiger partial charge >= 0.3 is 11.9 Å². The maximum Gasteiger partial charge on any atom is 0.306 e. The van der Waals surface area contributed by atoms with E-state index in [0.717, 1.165) is 57.8 Å². The first-order valence-corrected chi connectivity index (χ1v) is 22.5. The second kappa shape index (κ2) is 38.6. The molecule has 0 bridgehead atoms. The minimum absolute atomic E-state index is 0.146. The van der Waals surface area contributed by atoms with Gasteiger partial charge in [0.15, 0.2) is 12.4 Å². The fourth-order valence-electron chi connectivity index (χ4n) is 6.15. The molecule has 0 rings (SSSR count). The van der Waals surface area contributed by atoms with Crippen LogP contribution in [0.25, 0.3) is 0 Å². The Hall–Kier alpha value is -2.23. The molecule has 9 heteroatoms. The molecule has 0 amide bonds. The molecular weight excluding hydrogens is 695 g/mol. The van der Waals surface area contributed by atoms with E-state index in [2.05, 4.69) is 38.2 Å². The molecule has 0 N–H and O–H groups in total. The largest absolute Gasteiger partial charge is 0.545 e. The Morgan fingerprint density at radius 3 is 1.45 bits per heavy atom. The van der Waals surface area contributed by atoms with Gasteiger partial charge in [-0.1, -0.05) is 160 Å². The lowest BCUT2D eigenvalue weighted by molar-refractivity contribution is -0.870. The summed E-state index contributed by atoms with van der Waals surface area (Å²) in [5, 5.41) is 11.7. The molecule has 0 aromatic heterocycles. The van der Waals surface area contributed by atoms with Gasteiger partial charge < -0.3 is 33.3 Å². The highest BCUT2D eigenvalue weighted by Crippen LogP contribution is 2.15. The molecule has 2 atom stereocenters. The fraction of sp³-hybridized carbons (Fsp3) is 0.848. The summed E-state index contributed by atoms with van der Waals surface area (Å²) >= 11 is 0. The van der Waals surface area contributed by atoms with Crippen molar-refractivity contribution >= 4 is 17.9 Å². The van der Waals surface area contributed by atoms with Gasteiger partial charge in [0.2, 0.25) is 0 Å². The first kappa shape index (κ1) is 52.8. The third-order valence-corrected chi connectivity index (χ3v) is 9.70. The van der Waals surface area contributed by atoms with Crippen molar-refractivity contribution in [1.29, 1.82) is 0 Å². The number of carbonyl (C=O) groups is 3. The molecule has 55 heavy (non-hydrogen) atoms. The van der Waals surface area contributed by atoms with Crippen LogP contribution in [0.2, 0.25) is 0 Å². The van der Waals surface area contributed by atoms with Crippen molar-refractivity contribution < 1.29 is 42.9 Å². The van der Waals surface area contributed by atoms with Crippen LogP contribution < -0.4 is 5.11 Å². The molecule has 0 aliphatic heterocycles. The van der Waals surface area contributed by atoms with E-state index < -0.39 is 24.3 Å². The first-order valence-electron chi connectivity index (χ1n) is 22.5. The molecule has 2 unspecified atom stereocenters. The molecular formula is C46H85NO8. The van der Waals surface area contributed by atoms with E-state index in [1.165, 1.54) is 103 Å². The molecule has 322 valence electrons. The zero-order chi connectivity index (χ0) is 40.7. The van der Waals surface area contributed by atoms with Crippen LogP contribution in [-0.2, 0) is 33.3 Å². The van der Waals surface area contributed by atoms with Crippen LogP contribution in [0.5, 0.6) is 0 Å². The number of likely N-dealkylation sites (N-methyl/N-ethyl adjacent to an activating group) is 1. The number of unbranched alkanes of at least 4 members (excludes halogenated alkanes) is 22. The predicted molar refractivity (Wildman–Crippen MR) is 223 cm³/mol. The number of hydrogen-bond acceptors (Lipinski definition) is 8. The number of ether oxygens (including phenoxy) is 4. The minimum Gasteiger partial charge on any atom is -0.545 e. The topological polar surface area (TPSA) is 111 Å². The summed E-state index contributed by atoms with van der Waals surface area (Å²) in [5.41, 5.74) is 0. The minimum atomic E-state index is -1.62. The van der Waals surface area contributed by atoms with Crippen LogP contribution in [0.15, 0.2) is 24.3 Å². The molecule has 0 aliphatic rings. The van der Waals surface area contributed by atoms with E-state index in [-0.39, 0.29) is 32.2 Å². The molecule has 9 nitrogen and oxygen atoms in total. The number of carboxylic acids is 1. The van der Waals surface area contributed by atoms with Crippen LogP contribution in [0.1, 0.15) is 194 Å². The smallest absolute Gasteiger partial charge is 0.306 e. The number of hydrogen-bond donors (Lipinski definition) is 0. The van der Waals surface area contributed by atoms with Gasteiger partial charge in [0, 0.05) is 12.8 Å². The Labute approximate surface area is 337 Å². The van der Waals surface area contributed by atoms with Crippen LogP contribution in [0.4, 0.5) is 0 Å². The molecule has 0 aliphatic carbocycles. The van der Waals surface area contributed by atoms with Gasteiger partial charge in [-0.2, -0.15) is 0 Å². The number of quaternary nitrogens is 1. The Morgan fingerprint density at radius 1 is 0.545 bits per heavy atom. The quantitative estimate of drug-likeness (QED) is 0.0198. The molecule has 0 aromatic rings. The zero-order valence-electron chi connectivity index (χ0n) is 36.3. The van der Waals surface area contributed by atoms with Gasteiger partial charge in [-0.15, -0.1) is 0 Å². The summed E-state index contributed by atoms with van der Waals surface area (Å²) < 4.78 is 22.5. The molecule has 0 saturated heterocycles. The highest BCUT2D eigenvalue weighted by molar-refractivity contribution is 5.70. The number of allylic oxidation sites excluding steroid dienone is 4. The van der Waals surface area contributed by atoms with Crippen LogP contribution in [0.3, 0.4) is 0 Å². The van der Waals surface area contributed by atoms with Crippen molar-refractivity contribution in [3.8, 4) is 0 Å². The van der Waals surface area contributed by atoms with Crippen molar-refractivity contribution in [1.82, 2.24) is 0 Å². The number of rotatable bonds is 41. The lowest BCUT2D eigenvalue weighted by Crippen LogP contribution is -2.44. The summed E-state index contributed by atoms with van der Waals surface area (Å²) in [7, 11) is 5.90. The number of carbonyl (C=O) groups excluding carboxylic acids is 3. The van der Waals surface area contributed by atoms with E-state index in [4.69, 9.17) is 18.9 Å². The average molecular weight is 780 g/mol. The number of esters is 2. The van der Waals surface area contributed by atoms with E-state index in [0.29, 0.717) is 23.9 Å². The van der Waals surface area contributed by atoms with Crippen molar-refractivity contribution in [2.45, 2.75) is 206 Å². The van der Waals surface area contributed by atoms with Crippen molar-refractivity contribution in [2.24, 2.45) is 0 Å². The van der Waals surface area contributed by atoms with E-state index in [1.807, 2.05) is 21.1 Å². The summed E-state index contributed by atoms with van der Waals surface area (Å²) in [6.07, 6.45) is 37.7. The monoisotopic (exact) mass is 780 g/mol. The fourth-order valence-corrected chi connectivity index (χ4v) is 6.15. The van der Waals surface area contributed by atoms with Gasteiger partial charge in [-0.25, -0.2) is 0 Å². The van der Waals surface area contributed by atoms with Crippen LogP contribution >= 0.6 is 0 Å². The summed E-state index contributed by atoms with van der Waals surface area (Å²) in [6.45, 7) is 4.71. The standard InChI is InChI=1S/C46H85NO8/c1-6-8-10-12-14-16-18-20-22-23-25-27-29-31-33-35-37-44(49)55-42(41-54-46(45(50)51)52-39-38-47(3,4)5)40-53-43(48)36-34-32-30-28-26-24-21-19-17-15-13-11-9-7-2/h16,18,22-23,42,46H,6-15,17,19-21,24-41H2,1-5H3/b18-16-,23-22-. The predicted octanol–water partition coefficient (Wildman–Crippen LogP) is 10.3. The summed E-state index contributed by atoms with van der Waals surface area (Å²) in [4.78, 5) is 36.9. The van der Waals surface area contributed by atoms with Crippen molar-refractivity contribution in [2.75, 3.05) is 47.5 Å². The van der Waals surface area contributed by atoms with E-state index >= 15 is 0 Å². The molecule has 0 heterocycles.